The number of carbonyl (C=O) groups is 3. The Hall–Kier alpha value is -1.95. The van der Waals surface area contributed by atoms with Gasteiger partial charge in [0.25, 0.3) is 0 Å². The van der Waals surface area contributed by atoms with Crippen LogP contribution in [-0.4, -0.2) is 86.3 Å². The third-order valence-corrected chi connectivity index (χ3v) is 4.60. The topological polar surface area (TPSA) is 122 Å². The maximum atomic E-state index is 12.9. The number of nitrogens with zero attached hydrogens (tertiary/aromatic N) is 1. The van der Waals surface area contributed by atoms with Crippen LogP contribution >= 0.6 is 0 Å². The molecule has 11 heteroatoms. The molecule has 0 unspecified atom stereocenters. The Bertz CT molecular complexity index is 662. The van der Waals surface area contributed by atoms with Gasteiger partial charge in [-0.15, -0.1) is 0 Å². The van der Waals surface area contributed by atoms with E-state index >= 15 is 0 Å². The number of fused-ring (bicyclic) bond motifs is 1. The third-order valence-electron chi connectivity index (χ3n) is 4.60. The smallest absolute Gasteiger partial charge is 0.412 e. The van der Waals surface area contributed by atoms with Crippen LogP contribution in [0, 0.1) is 5.92 Å². The molecule has 1 N–H and O–H groups in total. The largest absolute Gasteiger partial charge is 0.444 e. The number of likely N-dealkylation sites (tertiary alicyclic amines) is 1. The fraction of sp³-hybridized carbons (Fsp3) is 0.850. The van der Waals surface area contributed by atoms with Crippen molar-refractivity contribution in [1.29, 1.82) is 0 Å². The highest BCUT2D eigenvalue weighted by Gasteiger charge is 2.57. The van der Waals surface area contributed by atoms with Crippen molar-refractivity contribution in [2.75, 3.05) is 33.7 Å². The van der Waals surface area contributed by atoms with E-state index in [0.29, 0.717) is 6.61 Å². The van der Waals surface area contributed by atoms with Gasteiger partial charge in [-0.05, 0) is 34.6 Å². The molecule has 11 nitrogen and oxygen atoms in total. The van der Waals surface area contributed by atoms with E-state index < -0.39 is 47.7 Å². The van der Waals surface area contributed by atoms with Crippen LogP contribution in [0.15, 0.2) is 0 Å². The van der Waals surface area contributed by atoms with Crippen LogP contribution in [0.1, 0.15) is 41.5 Å². The summed E-state index contributed by atoms with van der Waals surface area (Å²) in [6.45, 7) is 10.2. The van der Waals surface area contributed by atoms with Crippen LogP contribution in [0.3, 0.4) is 0 Å². The molecule has 178 valence electrons. The van der Waals surface area contributed by atoms with Gasteiger partial charge in [-0.3, -0.25) is 14.5 Å². The second kappa shape index (κ2) is 10.1. The molecule has 2 aliphatic rings. The standard InChI is InChI=1S/C20H34N2O9/c1-12(23)21-16-15-14(29-20(5,6)30-15)13(17(24)28-11-27-9-8-26-7)10-22(16)18(25)31-19(2,3)4/h13-16H,8-11H2,1-7H3,(H,21,23)/t13-,14-,15-,16-/m0/s1. The van der Waals surface area contributed by atoms with Crippen molar-refractivity contribution in [2.45, 2.75) is 71.3 Å². The predicted octanol–water partition coefficient (Wildman–Crippen LogP) is 0.999. The molecule has 2 amide bonds. The first-order valence-corrected chi connectivity index (χ1v) is 10.2. The molecule has 2 rings (SSSR count). The number of esters is 1. The summed E-state index contributed by atoms with van der Waals surface area (Å²) in [5.74, 6) is -2.86. The zero-order valence-electron chi connectivity index (χ0n) is 19.3. The quantitative estimate of drug-likeness (QED) is 0.347. The zero-order chi connectivity index (χ0) is 23.4. The molecule has 0 bridgehead atoms. The third kappa shape index (κ3) is 7.03. The Morgan fingerprint density at radius 3 is 2.35 bits per heavy atom. The monoisotopic (exact) mass is 446 g/mol. The van der Waals surface area contributed by atoms with Gasteiger partial charge in [-0.1, -0.05) is 0 Å². The van der Waals surface area contributed by atoms with Crippen molar-refractivity contribution >= 4 is 18.0 Å². The fourth-order valence-electron chi connectivity index (χ4n) is 3.47. The first kappa shape index (κ1) is 25.3. The van der Waals surface area contributed by atoms with Gasteiger partial charge in [0, 0.05) is 20.6 Å². The highest BCUT2D eigenvalue weighted by molar-refractivity contribution is 5.78. The summed E-state index contributed by atoms with van der Waals surface area (Å²) in [4.78, 5) is 38.9. The van der Waals surface area contributed by atoms with Gasteiger partial charge in [0.1, 0.15) is 29.9 Å². The van der Waals surface area contributed by atoms with Crippen LogP contribution in [0.2, 0.25) is 0 Å². The highest BCUT2D eigenvalue weighted by Crippen LogP contribution is 2.39. The molecular weight excluding hydrogens is 412 g/mol. The molecule has 0 spiro atoms. The van der Waals surface area contributed by atoms with Crippen LogP contribution in [0.25, 0.3) is 0 Å². The van der Waals surface area contributed by atoms with E-state index in [1.807, 2.05) is 0 Å². The lowest BCUT2D eigenvalue weighted by Gasteiger charge is -2.44. The van der Waals surface area contributed by atoms with Gasteiger partial charge in [-0.2, -0.15) is 0 Å². The van der Waals surface area contributed by atoms with Crippen molar-refractivity contribution in [3.63, 3.8) is 0 Å². The highest BCUT2D eigenvalue weighted by atomic mass is 16.8. The van der Waals surface area contributed by atoms with Crippen LogP contribution < -0.4 is 5.32 Å². The summed E-state index contributed by atoms with van der Waals surface area (Å²) < 4.78 is 32.7. The van der Waals surface area contributed by atoms with E-state index in [2.05, 4.69) is 5.32 Å². The first-order valence-electron chi connectivity index (χ1n) is 10.2. The van der Waals surface area contributed by atoms with Crippen molar-refractivity contribution in [3.05, 3.63) is 0 Å². The zero-order valence-corrected chi connectivity index (χ0v) is 19.3. The first-order chi connectivity index (χ1) is 14.3. The lowest BCUT2D eigenvalue weighted by Crippen LogP contribution is -2.67. The van der Waals surface area contributed by atoms with Crippen LogP contribution in [0.4, 0.5) is 4.79 Å². The molecular formula is C20H34N2O9. The number of ether oxygens (including phenoxy) is 6. The van der Waals surface area contributed by atoms with Crippen molar-refractivity contribution in [2.24, 2.45) is 5.92 Å². The number of hydrogen-bond donors (Lipinski definition) is 1. The Labute approximate surface area is 182 Å². The Kier molecular flexibility index (Phi) is 8.26. The van der Waals surface area contributed by atoms with E-state index in [9.17, 15) is 14.4 Å². The summed E-state index contributed by atoms with van der Waals surface area (Å²) in [6, 6.07) is 0. The van der Waals surface area contributed by atoms with E-state index in [1.54, 1.807) is 34.6 Å². The van der Waals surface area contributed by atoms with E-state index in [4.69, 9.17) is 28.4 Å². The molecule has 0 aromatic carbocycles. The number of nitrogens with one attached hydrogen (secondary N) is 1. The van der Waals surface area contributed by atoms with Gasteiger partial charge >= 0.3 is 12.1 Å². The summed E-state index contributed by atoms with van der Waals surface area (Å²) in [6.07, 6.45) is -3.10. The van der Waals surface area contributed by atoms with Gasteiger partial charge in [0.15, 0.2) is 12.6 Å². The molecule has 0 aromatic heterocycles. The Balaban J connectivity index is 2.24. The number of methoxy groups -OCH3 is 1. The summed E-state index contributed by atoms with van der Waals surface area (Å²) in [5, 5.41) is 2.72. The van der Waals surface area contributed by atoms with E-state index in [0.717, 1.165) is 0 Å². The predicted molar refractivity (Wildman–Crippen MR) is 107 cm³/mol. The number of hydrogen-bond acceptors (Lipinski definition) is 9. The Morgan fingerprint density at radius 1 is 1.13 bits per heavy atom. The van der Waals surface area contributed by atoms with E-state index in [-0.39, 0.29) is 25.9 Å². The lowest BCUT2D eigenvalue weighted by molar-refractivity contribution is -0.174. The van der Waals surface area contributed by atoms with Crippen molar-refractivity contribution in [1.82, 2.24) is 10.2 Å². The van der Waals surface area contributed by atoms with Gasteiger partial charge in [0.2, 0.25) is 5.91 Å². The van der Waals surface area contributed by atoms with Crippen molar-refractivity contribution < 1.29 is 42.8 Å². The van der Waals surface area contributed by atoms with Crippen LogP contribution in [-0.2, 0) is 38.0 Å². The molecule has 31 heavy (non-hydrogen) atoms. The number of piperidine rings is 1. The summed E-state index contributed by atoms with van der Waals surface area (Å²) in [7, 11) is 1.54. The van der Waals surface area contributed by atoms with Crippen molar-refractivity contribution in [3.8, 4) is 0 Å². The molecule has 0 aliphatic carbocycles. The maximum Gasteiger partial charge on any atom is 0.412 e. The fourth-order valence-corrected chi connectivity index (χ4v) is 3.47. The van der Waals surface area contributed by atoms with Gasteiger partial charge in [-0.25, -0.2) is 4.79 Å². The number of amides is 2. The SMILES string of the molecule is COCCOCOC(=O)[C@H]1CN(C(=O)OC(C)(C)C)[C@H](NC(C)=O)[C@H]2OC(C)(C)O[C@H]21. The molecule has 0 radical (unpaired) electrons. The molecule has 4 atom stereocenters. The second-order valence-corrected chi connectivity index (χ2v) is 8.93. The average molecular weight is 446 g/mol. The molecule has 2 saturated heterocycles. The number of rotatable bonds is 7. The number of carbonyl (C=O) groups excluding carboxylic acids is 3. The van der Waals surface area contributed by atoms with Gasteiger partial charge < -0.3 is 33.7 Å². The minimum Gasteiger partial charge on any atom is -0.444 e. The molecule has 0 saturated carbocycles. The maximum absolute atomic E-state index is 12.9. The second-order valence-electron chi connectivity index (χ2n) is 8.93. The van der Waals surface area contributed by atoms with Gasteiger partial charge in [0.05, 0.1) is 13.2 Å². The average Bonchev–Trinajstić information content (AvgIpc) is 2.94. The molecule has 2 aliphatic heterocycles. The van der Waals surface area contributed by atoms with E-state index in [1.165, 1.54) is 18.9 Å². The minimum atomic E-state index is -1.02. The molecule has 2 fully saturated rings. The summed E-state index contributed by atoms with van der Waals surface area (Å²) in [5.41, 5.74) is -0.772. The Morgan fingerprint density at radius 2 is 1.77 bits per heavy atom. The summed E-state index contributed by atoms with van der Waals surface area (Å²) >= 11 is 0. The molecule has 2 heterocycles. The van der Waals surface area contributed by atoms with Crippen LogP contribution in [0.5, 0.6) is 0 Å². The molecule has 0 aromatic rings. The minimum absolute atomic E-state index is 0.0859. The lowest BCUT2D eigenvalue weighted by atomic mass is 9.90. The normalized spacial score (nSPS) is 27.4.